The lowest BCUT2D eigenvalue weighted by Crippen LogP contribution is -2.59. The second-order valence-corrected chi connectivity index (χ2v) is 19.9. The number of carbonyl (C=O) groups excluding carboxylic acids is 8. The molecule has 26 heteroatoms. The Kier molecular flexibility index (Phi) is 33.2. The molecule has 1 saturated heterocycles. The maximum absolute atomic E-state index is 13.8. The van der Waals surface area contributed by atoms with Crippen LogP contribution in [-0.2, 0) is 57.5 Å². The van der Waals surface area contributed by atoms with E-state index >= 15 is 0 Å². The molecule has 0 spiro atoms. The van der Waals surface area contributed by atoms with Crippen molar-refractivity contribution in [1.29, 1.82) is 0 Å². The first-order chi connectivity index (χ1) is 33.7. The monoisotopic (exact) mass is 1050 g/mol. The van der Waals surface area contributed by atoms with Crippen molar-refractivity contribution in [1.82, 2.24) is 42.5 Å². The van der Waals surface area contributed by atoms with Gasteiger partial charge in [-0.1, -0.05) is 60.6 Å². The molecular formula is C45H74N8O16S2. The summed E-state index contributed by atoms with van der Waals surface area (Å²) >= 11 is 0. The largest absolute Gasteiger partial charge is 0.481 e. The van der Waals surface area contributed by atoms with Gasteiger partial charge in [0.25, 0.3) is 0 Å². The molecule has 402 valence electrons. The van der Waals surface area contributed by atoms with E-state index in [0.717, 1.165) is 64.0 Å². The summed E-state index contributed by atoms with van der Waals surface area (Å²) < 4.78 is 0. The zero-order valence-corrected chi connectivity index (χ0v) is 42.3. The van der Waals surface area contributed by atoms with E-state index in [4.69, 9.17) is 5.11 Å². The van der Waals surface area contributed by atoms with Crippen LogP contribution in [0.5, 0.6) is 0 Å². The fraction of sp³-hybridized carbons (Fsp3) is 0.733. The van der Waals surface area contributed by atoms with Gasteiger partial charge in [-0.15, -0.1) is 0 Å². The van der Waals surface area contributed by atoms with Gasteiger partial charge in [0.1, 0.15) is 30.2 Å². The van der Waals surface area contributed by atoms with Crippen molar-refractivity contribution in [3.05, 3.63) is 0 Å². The van der Waals surface area contributed by atoms with Gasteiger partial charge in [-0.25, -0.2) is 0 Å². The standard InChI is InChI=1S/C45H74N8O16S2/c1-3-4-5-6-7-14-36(56)47-24-25-48-41(65)30(13-10-11-23-46-35(55)15-9-8-12-29-22-26-70-71-29)50-45(69)34(27-40(63)64)53-44(68)33(18-21-39(61)62)52-43(67)32(17-20-38(59)60)51-42(66)31(49-28(2)54)16-19-37(57)58/h29-34H,3-27H2,1-2H3,(H,46,55)(H,47,56)(H,48,65)(H,49,54)(H,50,69)(H,51,66)(H,52,67)(H,53,68)(H,57,58)(H,59,60)(H,61,62)(H,63,64)/t29?,30-,31-,32-,33-,34-/m0/s1. The maximum Gasteiger partial charge on any atom is 0.305 e. The minimum atomic E-state index is -1.92. The lowest BCUT2D eigenvalue weighted by molar-refractivity contribution is -0.142. The normalized spacial score (nSPS) is 15.0. The van der Waals surface area contributed by atoms with Gasteiger partial charge >= 0.3 is 23.9 Å². The van der Waals surface area contributed by atoms with Crippen LogP contribution in [0.25, 0.3) is 0 Å². The Balaban J connectivity index is 3.20. The van der Waals surface area contributed by atoms with E-state index in [0.29, 0.717) is 30.9 Å². The Labute approximate surface area is 421 Å². The highest BCUT2D eigenvalue weighted by Crippen LogP contribution is 2.39. The van der Waals surface area contributed by atoms with Gasteiger partial charge in [0.05, 0.1) is 6.42 Å². The molecule has 0 radical (unpaired) electrons. The number of unbranched alkanes of at least 4 members (excludes halogenated alkanes) is 6. The van der Waals surface area contributed by atoms with Crippen molar-refractivity contribution in [2.75, 3.05) is 25.4 Å². The molecule has 1 fully saturated rings. The van der Waals surface area contributed by atoms with Crippen LogP contribution in [0.1, 0.15) is 149 Å². The van der Waals surface area contributed by atoms with E-state index in [-0.39, 0.29) is 44.3 Å². The Morgan fingerprint density at radius 2 is 0.915 bits per heavy atom. The Morgan fingerprint density at radius 1 is 0.465 bits per heavy atom. The molecule has 1 aliphatic heterocycles. The molecule has 1 aliphatic rings. The van der Waals surface area contributed by atoms with Gasteiger partial charge < -0.3 is 63.0 Å². The lowest BCUT2D eigenvalue weighted by atomic mass is 10.0. The van der Waals surface area contributed by atoms with E-state index < -0.39 is 134 Å². The molecule has 71 heavy (non-hydrogen) atoms. The number of rotatable bonds is 40. The van der Waals surface area contributed by atoms with E-state index in [1.807, 2.05) is 21.6 Å². The Hall–Kier alpha value is -5.66. The average molecular weight is 1050 g/mol. The number of amides is 8. The third kappa shape index (κ3) is 31.3. The summed E-state index contributed by atoms with van der Waals surface area (Å²) in [5.41, 5.74) is 0. The molecule has 0 aliphatic carbocycles. The van der Waals surface area contributed by atoms with Crippen LogP contribution in [-0.4, -0.2) is 152 Å². The predicted molar refractivity (Wildman–Crippen MR) is 261 cm³/mol. The smallest absolute Gasteiger partial charge is 0.305 e. The first-order valence-corrected chi connectivity index (χ1v) is 26.6. The Bertz CT molecular complexity index is 1790. The van der Waals surface area contributed by atoms with E-state index in [2.05, 4.69) is 49.5 Å². The second kappa shape index (κ2) is 37.2. The molecule has 6 atom stereocenters. The molecule has 1 heterocycles. The molecule has 0 aromatic rings. The molecule has 0 aromatic heterocycles. The van der Waals surface area contributed by atoms with Crippen molar-refractivity contribution in [3.63, 3.8) is 0 Å². The highest BCUT2D eigenvalue weighted by atomic mass is 33.1. The summed E-state index contributed by atoms with van der Waals surface area (Å²) in [7, 11) is 3.74. The molecular weight excluding hydrogens is 973 g/mol. The summed E-state index contributed by atoms with van der Waals surface area (Å²) in [4.78, 5) is 151. The molecule has 24 nitrogen and oxygen atoms in total. The third-order valence-corrected chi connectivity index (χ3v) is 14.0. The zero-order chi connectivity index (χ0) is 53.1. The second-order valence-electron chi connectivity index (χ2n) is 17.1. The van der Waals surface area contributed by atoms with Crippen molar-refractivity contribution >= 4 is 92.7 Å². The zero-order valence-electron chi connectivity index (χ0n) is 40.6. The molecule has 8 amide bonds. The number of carbonyl (C=O) groups is 12. The fourth-order valence-corrected chi connectivity index (χ4v) is 10.1. The lowest BCUT2D eigenvalue weighted by Gasteiger charge is -2.26. The summed E-state index contributed by atoms with van der Waals surface area (Å²) in [6, 6.07) is -8.31. The predicted octanol–water partition coefficient (Wildman–Crippen LogP) is 1.09. The van der Waals surface area contributed by atoms with Crippen molar-refractivity contribution < 1.29 is 78.0 Å². The van der Waals surface area contributed by atoms with Crippen LogP contribution in [0, 0.1) is 0 Å². The molecule has 0 aromatic carbocycles. The number of nitrogens with one attached hydrogen (secondary N) is 8. The average Bonchev–Trinajstić information content (AvgIpc) is 3.83. The first-order valence-electron chi connectivity index (χ1n) is 24.2. The van der Waals surface area contributed by atoms with Crippen LogP contribution in [0.2, 0.25) is 0 Å². The topological polar surface area (TPSA) is 382 Å². The van der Waals surface area contributed by atoms with Gasteiger partial charge in [-0.05, 0) is 64.2 Å². The number of carboxylic acids is 4. The fourth-order valence-electron chi connectivity index (χ4n) is 7.10. The van der Waals surface area contributed by atoms with Crippen molar-refractivity contribution in [2.24, 2.45) is 0 Å². The number of aliphatic carboxylic acids is 4. The van der Waals surface area contributed by atoms with Gasteiger partial charge in [-0.3, -0.25) is 57.5 Å². The van der Waals surface area contributed by atoms with E-state index in [1.165, 1.54) is 0 Å². The van der Waals surface area contributed by atoms with Gasteiger partial charge in [0.2, 0.25) is 47.3 Å². The van der Waals surface area contributed by atoms with E-state index in [9.17, 15) is 72.9 Å². The van der Waals surface area contributed by atoms with Crippen molar-refractivity contribution in [2.45, 2.75) is 184 Å². The summed E-state index contributed by atoms with van der Waals surface area (Å²) in [6.07, 6.45) is 5.14. The SMILES string of the molecule is CCCCCCCC(=O)NCCNC(=O)[C@H](CCCCNC(=O)CCCCC1CCSS1)NC(=O)[C@H](CC(=O)O)NC(=O)[C@H](CCC(=O)O)NC(=O)[C@H](CCC(=O)O)NC(=O)[C@H](CCC(=O)O)NC(C)=O. The summed E-state index contributed by atoms with van der Waals surface area (Å²) in [5, 5.41) is 57.7. The third-order valence-electron chi connectivity index (χ3n) is 10.9. The number of carboxylic acid groups (broad SMARTS) is 4. The summed E-state index contributed by atoms with van der Waals surface area (Å²) in [5.74, 6) is -11.1. The van der Waals surface area contributed by atoms with E-state index in [1.54, 1.807) is 0 Å². The summed E-state index contributed by atoms with van der Waals surface area (Å²) in [6.45, 7) is 3.41. The van der Waals surface area contributed by atoms with Crippen molar-refractivity contribution in [3.8, 4) is 0 Å². The van der Waals surface area contributed by atoms with Crippen LogP contribution in [0.15, 0.2) is 0 Å². The number of hydrogen-bond donors (Lipinski definition) is 12. The number of hydrogen-bond acceptors (Lipinski definition) is 14. The van der Waals surface area contributed by atoms with Gasteiger partial charge in [-0.2, -0.15) is 0 Å². The minimum Gasteiger partial charge on any atom is -0.481 e. The quantitative estimate of drug-likeness (QED) is 0.0302. The van der Waals surface area contributed by atoms with Gasteiger partial charge in [0.15, 0.2) is 0 Å². The maximum atomic E-state index is 13.8. The highest BCUT2D eigenvalue weighted by molar-refractivity contribution is 8.77. The molecule has 1 unspecified atom stereocenters. The van der Waals surface area contributed by atoms with Crippen LogP contribution in [0.3, 0.4) is 0 Å². The highest BCUT2D eigenvalue weighted by Gasteiger charge is 2.34. The van der Waals surface area contributed by atoms with Crippen LogP contribution < -0.4 is 42.5 Å². The van der Waals surface area contributed by atoms with Gasteiger partial charge in [0, 0.05) is 69.7 Å². The molecule has 0 saturated carbocycles. The van der Waals surface area contributed by atoms with Crippen LogP contribution in [0.4, 0.5) is 0 Å². The molecule has 12 N–H and O–H groups in total. The molecule has 0 bridgehead atoms. The Morgan fingerprint density at radius 3 is 1.39 bits per heavy atom. The first kappa shape index (κ1) is 63.4. The van der Waals surface area contributed by atoms with Crippen LogP contribution >= 0.6 is 21.6 Å². The molecule has 1 rings (SSSR count). The minimum absolute atomic E-state index is 0.0117.